The Bertz CT molecular complexity index is 881. The smallest absolute Gasteiger partial charge is 0.233 e. The SMILES string of the molecule is CCC(NC1CCN(c2ccc(F)cc2C)CC1)c1cn2cccnc2n1. The maximum absolute atomic E-state index is 13.4. The van der Waals surface area contributed by atoms with E-state index in [0.717, 1.165) is 55.1 Å². The van der Waals surface area contributed by atoms with Crippen LogP contribution in [0.15, 0.2) is 42.9 Å². The maximum Gasteiger partial charge on any atom is 0.233 e. The predicted molar refractivity (Wildman–Crippen MR) is 106 cm³/mol. The predicted octanol–water partition coefficient (Wildman–Crippen LogP) is 3.89. The first-order chi connectivity index (χ1) is 13.1. The lowest BCUT2D eigenvalue weighted by Crippen LogP contribution is -2.44. The van der Waals surface area contributed by atoms with Crippen LogP contribution in [0.4, 0.5) is 10.1 Å². The van der Waals surface area contributed by atoms with Crippen LogP contribution in [-0.2, 0) is 0 Å². The van der Waals surface area contributed by atoms with E-state index in [4.69, 9.17) is 0 Å². The fourth-order valence-electron chi connectivity index (χ4n) is 3.97. The van der Waals surface area contributed by atoms with Gasteiger partial charge in [-0.1, -0.05) is 6.92 Å². The van der Waals surface area contributed by atoms with Gasteiger partial charge in [-0.05, 0) is 56.0 Å². The Morgan fingerprint density at radius 1 is 1.30 bits per heavy atom. The molecule has 1 atom stereocenters. The second-order valence-electron chi connectivity index (χ2n) is 7.31. The molecule has 1 N–H and O–H groups in total. The molecule has 0 amide bonds. The summed E-state index contributed by atoms with van der Waals surface area (Å²) >= 11 is 0. The molecule has 0 spiro atoms. The summed E-state index contributed by atoms with van der Waals surface area (Å²) in [6.07, 6.45) is 8.95. The van der Waals surface area contributed by atoms with Gasteiger partial charge in [0.1, 0.15) is 5.82 Å². The number of benzene rings is 1. The molecule has 2 aromatic heterocycles. The van der Waals surface area contributed by atoms with Gasteiger partial charge >= 0.3 is 0 Å². The molecule has 4 rings (SSSR count). The molecule has 3 aromatic rings. The number of nitrogens with one attached hydrogen (secondary N) is 1. The number of anilines is 1. The molecule has 3 heterocycles. The van der Waals surface area contributed by atoms with Gasteiger partial charge in [0.05, 0.1) is 11.7 Å². The number of imidazole rings is 1. The lowest BCUT2D eigenvalue weighted by atomic mass is 10.0. The Hall–Kier alpha value is -2.47. The number of halogens is 1. The first-order valence-electron chi connectivity index (χ1n) is 9.71. The third-order valence-electron chi connectivity index (χ3n) is 5.45. The Balaban J connectivity index is 1.40. The fourth-order valence-corrected chi connectivity index (χ4v) is 3.97. The van der Waals surface area contributed by atoms with E-state index in [1.54, 1.807) is 18.3 Å². The first kappa shape index (κ1) is 17.9. The summed E-state index contributed by atoms with van der Waals surface area (Å²) in [6, 6.07) is 7.68. The summed E-state index contributed by atoms with van der Waals surface area (Å²) in [5.41, 5.74) is 3.20. The lowest BCUT2D eigenvalue weighted by Gasteiger charge is -2.36. The fraction of sp³-hybridized carbons (Fsp3) is 0.429. The minimum absolute atomic E-state index is 0.166. The van der Waals surface area contributed by atoms with Gasteiger partial charge < -0.3 is 10.2 Å². The lowest BCUT2D eigenvalue weighted by molar-refractivity contribution is 0.361. The first-order valence-corrected chi connectivity index (χ1v) is 9.71. The Morgan fingerprint density at radius 3 is 2.81 bits per heavy atom. The zero-order chi connectivity index (χ0) is 18.8. The highest BCUT2D eigenvalue weighted by Crippen LogP contribution is 2.26. The van der Waals surface area contributed by atoms with E-state index in [2.05, 4.69) is 33.3 Å². The van der Waals surface area contributed by atoms with Gasteiger partial charge in [-0.25, -0.2) is 14.4 Å². The number of hydrogen-bond acceptors (Lipinski definition) is 4. The molecule has 1 saturated heterocycles. The maximum atomic E-state index is 13.4. The van der Waals surface area contributed by atoms with Crippen LogP contribution in [0.25, 0.3) is 5.78 Å². The van der Waals surface area contributed by atoms with Crippen molar-refractivity contribution in [2.75, 3.05) is 18.0 Å². The summed E-state index contributed by atoms with van der Waals surface area (Å²) < 4.78 is 15.3. The standard InChI is InChI=1S/C21H26FN5/c1-3-18(19-14-27-10-4-9-23-21(27)25-19)24-17-7-11-26(12-8-17)20-6-5-16(22)13-15(20)2/h4-6,9-10,13-14,17-18,24H,3,7-8,11-12H2,1-2H3. The summed E-state index contributed by atoms with van der Waals surface area (Å²) in [6.45, 7) is 6.13. The highest BCUT2D eigenvalue weighted by molar-refractivity contribution is 5.53. The van der Waals surface area contributed by atoms with E-state index in [1.807, 2.05) is 29.7 Å². The number of nitrogens with zero attached hydrogens (tertiary/aromatic N) is 4. The monoisotopic (exact) mass is 367 g/mol. The van der Waals surface area contributed by atoms with Crippen LogP contribution in [0.1, 0.15) is 43.5 Å². The van der Waals surface area contributed by atoms with Crippen molar-refractivity contribution in [3.05, 3.63) is 59.9 Å². The molecule has 1 aliphatic rings. The number of fused-ring (bicyclic) bond motifs is 1. The molecular formula is C21H26FN5. The van der Waals surface area contributed by atoms with Crippen LogP contribution in [0, 0.1) is 12.7 Å². The van der Waals surface area contributed by atoms with E-state index < -0.39 is 0 Å². The molecule has 1 unspecified atom stereocenters. The summed E-state index contributed by atoms with van der Waals surface area (Å²) in [5, 5.41) is 3.79. The van der Waals surface area contributed by atoms with Crippen LogP contribution >= 0.6 is 0 Å². The molecule has 0 aliphatic carbocycles. The van der Waals surface area contributed by atoms with Gasteiger partial charge in [0.15, 0.2) is 0 Å². The molecule has 6 heteroatoms. The van der Waals surface area contributed by atoms with Crippen molar-refractivity contribution in [1.82, 2.24) is 19.7 Å². The molecule has 0 bridgehead atoms. The molecule has 27 heavy (non-hydrogen) atoms. The van der Waals surface area contributed by atoms with Crippen molar-refractivity contribution in [2.24, 2.45) is 0 Å². The minimum Gasteiger partial charge on any atom is -0.371 e. The quantitative estimate of drug-likeness (QED) is 0.743. The van der Waals surface area contributed by atoms with Crippen LogP contribution in [0.2, 0.25) is 0 Å². The summed E-state index contributed by atoms with van der Waals surface area (Å²) in [4.78, 5) is 11.4. The number of aromatic nitrogens is 3. The zero-order valence-corrected chi connectivity index (χ0v) is 15.9. The van der Waals surface area contributed by atoms with Crippen molar-refractivity contribution in [2.45, 2.75) is 45.2 Å². The van der Waals surface area contributed by atoms with Crippen LogP contribution in [0.5, 0.6) is 0 Å². The summed E-state index contributed by atoms with van der Waals surface area (Å²) in [7, 11) is 0. The van der Waals surface area contributed by atoms with E-state index in [-0.39, 0.29) is 11.9 Å². The van der Waals surface area contributed by atoms with Gasteiger partial charge in [0.2, 0.25) is 5.78 Å². The van der Waals surface area contributed by atoms with E-state index in [9.17, 15) is 4.39 Å². The summed E-state index contributed by atoms with van der Waals surface area (Å²) in [5.74, 6) is 0.579. The van der Waals surface area contributed by atoms with E-state index in [0.29, 0.717) is 6.04 Å². The van der Waals surface area contributed by atoms with Crippen molar-refractivity contribution in [1.29, 1.82) is 0 Å². The van der Waals surface area contributed by atoms with Crippen LogP contribution in [0.3, 0.4) is 0 Å². The second kappa shape index (κ2) is 7.64. The van der Waals surface area contributed by atoms with Crippen molar-refractivity contribution < 1.29 is 4.39 Å². The van der Waals surface area contributed by atoms with Gasteiger partial charge in [-0.2, -0.15) is 0 Å². The van der Waals surface area contributed by atoms with Crippen LogP contribution < -0.4 is 10.2 Å². The van der Waals surface area contributed by atoms with Gasteiger partial charge in [0, 0.05) is 43.4 Å². The van der Waals surface area contributed by atoms with Gasteiger partial charge in [-0.15, -0.1) is 0 Å². The number of aryl methyl sites for hydroxylation is 1. The van der Waals surface area contributed by atoms with E-state index >= 15 is 0 Å². The Morgan fingerprint density at radius 2 is 2.11 bits per heavy atom. The van der Waals surface area contributed by atoms with Crippen molar-refractivity contribution >= 4 is 11.5 Å². The Labute approximate surface area is 159 Å². The van der Waals surface area contributed by atoms with Gasteiger partial charge in [-0.3, -0.25) is 4.40 Å². The molecule has 0 saturated carbocycles. The third kappa shape index (κ3) is 3.81. The number of rotatable bonds is 5. The molecule has 1 aliphatic heterocycles. The average molecular weight is 367 g/mol. The highest BCUT2D eigenvalue weighted by atomic mass is 19.1. The van der Waals surface area contributed by atoms with E-state index in [1.165, 1.54) is 0 Å². The average Bonchev–Trinajstić information content (AvgIpc) is 3.11. The second-order valence-corrected chi connectivity index (χ2v) is 7.31. The largest absolute Gasteiger partial charge is 0.371 e. The molecule has 1 aromatic carbocycles. The normalized spacial score (nSPS) is 16.8. The van der Waals surface area contributed by atoms with Crippen LogP contribution in [-0.4, -0.2) is 33.5 Å². The molecule has 142 valence electrons. The molecule has 1 fully saturated rings. The zero-order valence-electron chi connectivity index (χ0n) is 15.9. The number of hydrogen-bond donors (Lipinski definition) is 1. The van der Waals surface area contributed by atoms with Crippen molar-refractivity contribution in [3.63, 3.8) is 0 Å². The third-order valence-corrected chi connectivity index (χ3v) is 5.45. The topological polar surface area (TPSA) is 45.5 Å². The minimum atomic E-state index is -0.166. The highest BCUT2D eigenvalue weighted by Gasteiger charge is 2.24. The molecule has 5 nitrogen and oxygen atoms in total. The Kier molecular flexibility index (Phi) is 5.07. The molecular weight excluding hydrogens is 341 g/mol. The van der Waals surface area contributed by atoms with Crippen molar-refractivity contribution in [3.8, 4) is 0 Å². The number of piperidine rings is 1. The van der Waals surface area contributed by atoms with Gasteiger partial charge in [0.25, 0.3) is 0 Å². The molecule has 0 radical (unpaired) electrons.